The number of rotatable bonds is 4. The lowest BCUT2D eigenvalue weighted by Gasteiger charge is -2.24. The van der Waals surface area contributed by atoms with E-state index in [-0.39, 0.29) is 5.82 Å². The quantitative estimate of drug-likeness (QED) is 0.635. The number of hydrogen-bond donors (Lipinski definition) is 2. The van der Waals surface area contributed by atoms with E-state index in [0.717, 1.165) is 23.8 Å². The van der Waals surface area contributed by atoms with Gasteiger partial charge in [0.2, 0.25) is 0 Å². The number of halogens is 1. The number of nitrogens with two attached hydrogens (primary N) is 1. The van der Waals surface area contributed by atoms with E-state index >= 15 is 0 Å². The molecule has 2 aliphatic carbocycles. The lowest BCUT2D eigenvalue weighted by Crippen LogP contribution is -2.42. The summed E-state index contributed by atoms with van der Waals surface area (Å²) in [5, 5.41) is 0. The predicted octanol–water partition coefficient (Wildman–Crippen LogP) is 2.55. The van der Waals surface area contributed by atoms with Gasteiger partial charge in [0.25, 0.3) is 0 Å². The molecule has 1 aromatic carbocycles. The van der Waals surface area contributed by atoms with Crippen LogP contribution in [0.4, 0.5) is 4.39 Å². The first-order chi connectivity index (χ1) is 8.67. The maximum Gasteiger partial charge on any atom is 0.123 e. The monoisotopic (exact) mass is 248 g/mol. The van der Waals surface area contributed by atoms with Gasteiger partial charge in [-0.25, -0.2) is 4.39 Å². The molecule has 1 aromatic rings. The summed E-state index contributed by atoms with van der Waals surface area (Å²) in [5.74, 6) is 8.20. The van der Waals surface area contributed by atoms with E-state index in [1.165, 1.54) is 24.8 Å². The minimum atomic E-state index is -0.157. The minimum absolute atomic E-state index is 0.157. The summed E-state index contributed by atoms with van der Waals surface area (Å²) >= 11 is 0. The molecule has 2 aliphatic rings. The van der Waals surface area contributed by atoms with Gasteiger partial charge in [0.15, 0.2) is 0 Å². The van der Waals surface area contributed by atoms with Gasteiger partial charge in [-0.15, -0.1) is 0 Å². The second-order valence-corrected chi connectivity index (χ2v) is 6.04. The second kappa shape index (κ2) is 4.63. The lowest BCUT2D eigenvalue weighted by molar-refractivity contribution is 0.335. The van der Waals surface area contributed by atoms with Crippen LogP contribution in [0, 0.1) is 30.5 Å². The first kappa shape index (κ1) is 12.1. The van der Waals surface area contributed by atoms with Crippen molar-refractivity contribution in [3.05, 3.63) is 35.1 Å². The van der Waals surface area contributed by atoms with Crippen LogP contribution in [0.15, 0.2) is 18.2 Å². The maximum absolute atomic E-state index is 13.1. The van der Waals surface area contributed by atoms with Crippen LogP contribution in [0.3, 0.4) is 0 Å². The van der Waals surface area contributed by atoms with E-state index in [1.54, 1.807) is 12.1 Å². The van der Waals surface area contributed by atoms with Gasteiger partial charge in [-0.05, 0) is 73.6 Å². The Labute approximate surface area is 108 Å². The Kier molecular flexibility index (Phi) is 3.12. The van der Waals surface area contributed by atoms with E-state index < -0.39 is 0 Å². The van der Waals surface area contributed by atoms with Gasteiger partial charge < -0.3 is 0 Å². The van der Waals surface area contributed by atoms with Crippen molar-refractivity contribution >= 4 is 0 Å². The van der Waals surface area contributed by atoms with Crippen LogP contribution in [-0.4, -0.2) is 6.04 Å². The molecule has 98 valence electrons. The Bertz CT molecular complexity index is 436. The molecule has 2 nitrogen and oxygen atoms in total. The van der Waals surface area contributed by atoms with Crippen LogP contribution in [0.25, 0.3) is 0 Å². The number of benzene rings is 1. The van der Waals surface area contributed by atoms with E-state index in [9.17, 15) is 4.39 Å². The summed E-state index contributed by atoms with van der Waals surface area (Å²) in [6.07, 6.45) is 4.98. The molecular formula is C15H21FN2. The van der Waals surface area contributed by atoms with Gasteiger partial charge in [-0.3, -0.25) is 11.3 Å². The SMILES string of the molecule is Cc1cc(F)ccc1CC(NN)C1CC2CC2C1. The number of nitrogens with one attached hydrogen (secondary N) is 1. The average Bonchev–Trinajstić information content (AvgIpc) is 2.95. The zero-order chi connectivity index (χ0) is 12.7. The minimum Gasteiger partial charge on any atom is -0.271 e. The first-order valence-corrected chi connectivity index (χ1v) is 6.88. The highest BCUT2D eigenvalue weighted by molar-refractivity contribution is 5.27. The van der Waals surface area contributed by atoms with Crippen LogP contribution in [0.1, 0.15) is 30.4 Å². The summed E-state index contributed by atoms with van der Waals surface area (Å²) in [7, 11) is 0. The van der Waals surface area contributed by atoms with E-state index in [1.807, 2.05) is 13.0 Å². The average molecular weight is 248 g/mol. The van der Waals surface area contributed by atoms with Gasteiger partial charge in [-0.2, -0.15) is 0 Å². The van der Waals surface area contributed by atoms with Crippen molar-refractivity contribution in [2.24, 2.45) is 23.6 Å². The molecule has 3 N–H and O–H groups in total. The highest BCUT2D eigenvalue weighted by Gasteiger charge is 2.47. The second-order valence-electron chi connectivity index (χ2n) is 6.04. The fraction of sp³-hybridized carbons (Fsp3) is 0.600. The molecule has 0 spiro atoms. The van der Waals surface area contributed by atoms with Gasteiger partial charge in [0.1, 0.15) is 5.82 Å². The van der Waals surface area contributed by atoms with Crippen LogP contribution in [-0.2, 0) is 6.42 Å². The summed E-state index contributed by atoms with van der Waals surface area (Å²) in [4.78, 5) is 0. The third-order valence-corrected chi connectivity index (χ3v) is 4.81. The molecule has 2 fully saturated rings. The molecule has 18 heavy (non-hydrogen) atoms. The molecule has 0 bridgehead atoms. The van der Waals surface area contributed by atoms with Crippen molar-refractivity contribution in [1.82, 2.24) is 5.43 Å². The Balaban J connectivity index is 1.69. The molecule has 0 aromatic heterocycles. The van der Waals surface area contributed by atoms with E-state index in [0.29, 0.717) is 12.0 Å². The van der Waals surface area contributed by atoms with Crippen molar-refractivity contribution in [3.63, 3.8) is 0 Å². The number of hydrogen-bond acceptors (Lipinski definition) is 2. The van der Waals surface area contributed by atoms with Crippen LogP contribution in [0.2, 0.25) is 0 Å². The smallest absolute Gasteiger partial charge is 0.123 e. The van der Waals surface area contributed by atoms with Crippen LogP contribution < -0.4 is 11.3 Å². The van der Waals surface area contributed by atoms with Crippen LogP contribution >= 0.6 is 0 Å². The molecule has 3 heteroatoms. The Morgan fingerprint density at radius 2 is 2.06 bits per heavy atom. The van der Waals surface area contributed by atoms with Crippen molar-refractivity contribution < 1.29 is 4.39 Å². The summed E-state index contributed by atoms with van der Waals surface area (Å²) < 4.78 is 13.1. The third kappa shape index (κ3) is 2.29. The Hall–Kier alpha value is -0.930. The topological polar surface area (TPSA) is 38.0 Å². The molecule has 3 rings (SSSR count). The zero-order valence-corrected chi connectivity index (χ0v) is 10.8. The van der Waals surface area contributed by atoms with Crippen molar-refractivity contribution in [1.29, 1.82) is 0 Å². The van der Waals surface area contributed by atoms with Gasteiger partial charge in [-0.1, -0.05) is 6.07 Å². The first-order valence-electron chi connectivity index (χ1n) is 6.88. The fourth-order valence-electron chi connectivity index (χ4n) is 3.58. The van der Waals surface area contributed by atoms with Gasteiger partial charge in [0, 0.05) is 6.04 Å². The third-order valence-electron chi connectivity index (χ3n) is 4.81. The molecular weight excluding hydrogens is 227 g/mol. The normalized spacial score (nSPS) is 31.2. The number of hydrazine groups is 1. The van der Waals surface area contributed by atoms with Crippen LogP contribution in [0.5, 0.6) is 0 Å². The molecule has 3 unspecified atom stereocenters. The number of fused-ring (bicyclic) bond motifs is 1. The zero-order valence-electron chi connectivity index (χ0n) is 10.8. The molecule has 0 radical (unpaired) electrons. The maximum atomic E-state index is 13.1. The molecule has 0 heterocycles. The fourth-order valence-corrected chi connectivity index (χ4v) is 3.58. The lowest BCUT2D eigenvalue weighted by atomic mass is 9.89. The summed E-state index contributed by atoms with van der Waals surface area (Å²) in [5.41, 5.74) is 5.22. The molecule has 0 saturated heterocycles. The Morgan fingerprint density at radius 3 is 2.67 bits per heavy atom. The van der Waals surface area contributed by atoms with Crippen molar-refractivity contribution in [3.8, 4) is 0 Å². The highest BCUT2D eigenvalue weighted by atomic mass is 19.1. The highest BCUT2D eigenvalue weighted by Crippen LogP contribution is 2.55. The molecule has 3 atom stereocenters. The van der Waals surface area contributed by atoms with E-state index in [4.69, 9.17) is 5.84 Å². The number of aryl methyl sites for hydroxylation is 1. The van der Waals surface area contributed by atoms with Crippen molar-refractivity contribution in [2.75, 3.05) is 0 Å². The molecule has 0 amide bonds. The Morgan fingerprint density at radius 1 is 1.33 bits per heavy atom. The molecule has 2 saturated carbocycles. The largest absolute Gasteiger partial charge is 0.271 e. The van der Waals surface area contributed by atoms with Gasteiger partial charge in [0.05, 0.1) is 0 Å². The van der Waals surface area contributed by atoms with Gasteiger partial charge >= 0.3 is 0 Å². The standard InChI is InChI=1S/C15H21FN2/c1-9-4-14(16)3-2-10(9)8-15(18-17)13-6-11-5-12(11)7-13/h2-4,11-13,15,18H,5-8,17H2,1H3. The van der Waals surface area contributed by atoms with Crippen molar-refractivity contribution in [2.45, 2.75) is 38.6 Å². The summed E-state index contributed by atoms with van der Waals surface area (Å²) in [6.45, 7) is 1.97. The molecule has 0 aliphatic heterocycles. The van der Waals surface area contributed by atoms with E-state index in [2.05, 4.69) is 5.43 Å². The summed E-state index contributed by atoms with van der Waals surface area (Å²) in [6, 6.07) is 5.38. The predicted molar refractivity (Wildman–Crippen MR) is 70.3 cm³/mol.